The van der Waals surface area contributed by atoms with Crippen molar-refractivity contribution in [2.45, 2.75) is 18.9 Å². The van der Waals surface area contributed by atoms with Crippen LogP contribution in [0.2, 0.25) is 0 Å². The Labute approximate surface area is 413 Å². The molecule has 4 aromatic heterocycles. The number of hydrogen-bond acceptors (Lipinski definition) is 3. The van der Waals surface area contributed by atoms with Crippen molar-refractivity contribution < 1.29 is 8.83 Å². The Morgan fingerprint density at radius 2 is 1.25 bits per heavy atom. The summed E-state index contributed by atoms with van der Waals surface area (Å²) in [5.74, 6) is 0. The van der Waals surface area contributed by atoms with Crippen LogP contribution in [-0.2, 0) is 12.0 Å². The van der Waals surface area contributed by atoms with E-state index in [0.717, 1.165) is 87.6 Å². The molecule has 4 heterocycles. The normalized spacial score (nSPS) is 15.4. The van der Waals surface area contributed by atoms with Crippen molar-refractivity contribution in [3.05, 3.63) is 261 Å². The number of benzene rings is 9. The summed E-state index contributed by atoms with van der Waals surface area (Å²) in [5.41, 5.74) is 19.1. The minimum Gasteiger partial charge on any atom is -0.456 e. The van der Waals surface area contributed by atoms with Crippen LogP contribution in [0.3, 0.4) is 0 Å². The molecule has 0 radical (unpaired) electrons. The largest absolute Gasteiger partial charge is 0.456 e. The first-order valence-electron chi connectivity index (χ1n) is 24.4. The minimum atomic E-state index is -0.569. The molecule has 2 aliphatic rings. The molecule has 0 bridgehead atoms. The van der Waals surface area contributed by atoms with Crippen molar-refractivity contribution in [2.75, 3.05) is 0 Å². The molecule has 0 N–H and O–H groups in total. The van der Waals surface area contributed by atoms with E-state index >= 15 is 0 Å². The van der Waals surface area contributed by atoms with Gasteiger partial charge in [-0.1, -0.05) is 176 Å². The highest BCUT2D eigenvalue weighted by Gasteiger charge is 2.53. The van der Waals surface area contributed by atoms with Crippen LogP contribution in [0.1, 0.15) is 51.4 Å². The number of nitrogens with zero attached hydrogens (tertiary/aromatic N) is 1. The molecule has 13 aromatic rings. The number of furan rings is 2. The lowest BCUT2D eigenvalue weighted by Crippen LogP contribution is -2.28. The molecule has 9 aromatic carbocycles. The zero-order valence-corrected chi connectivity index (χ0v) is 39.7. The number of hydrogen-bond donors (Lipinski definition) is 0. The van der Waals surface area contributed by atoms with E-state index in [-0.39, 0.29) is 0 Å². The molecule has 0 aliphatic heterocycles. The fourth-order valence-electron chi connectivity index (χ4n) is 12.3. The van der Waals surface area contributed by atoms with Crippen LogP contribution in [0.4, 0.5) is 0 Å². The highest BCUT2D eigenvalue weighted by atomic mass is 32.1. The molecule has 15 rings (SSSR count). The lowest BCUT2D eigenvalue weighted by atomic mass is 9.69. The summed E-state index contributed by atoms with van der Waals surface area (Å²) in [7, 11) is 0. The maximum absolute atomic E-state index is 6.76. The van der Waals surface area contributed by atoms with Gasteiger partial charge in [0.25, 0.3) is 0 Å². The van der Waals surface area contributed by atoms with Crippen molar-refractivity contribution in [3.63, 3.8) is 0 Å². The van der Waals surface area contributed by atoms with E-state index in [1.807, 2.05) is 23.5 Å². The van der Waals surface area contributed by atoms with Crippen LogP contribution in [-0.4, -0.2) is 4.57 Å². The second kappa shape index (κ2) is 15.1. The van der Waals surface area contributed by atoms with Crippen LogP contribution in [0.5, 0.6) is 0 Å². The zero-order chi connectivity index (χ0) is 47.0. The highest BCUT2D eigenvalue weighted by Crippen LogP contribution is 2.66. The molecule has 334 valence electrons. The molecular formula is C67H43NO2S. The Morgan fingerprint density at radius 3 is 2.11 bits per heavy atom. The average Bonchev–Trinajstić information content (AvgIpc) is 4.27. The first-order chi connectivity index (χ1) is 35.1. The van der Waals surface area contributed by atoms with Crippen molar-refractivity contribution in [1.29, 1.82) is 0 Å². The standard InChI is InChI=1S/C67H43NO2S/c1-3-4-18-45-40(2)68(64-50(45)32-33-51-48-20-9-14-25-60(48)70-65(51)64)39-42-28-30-47-46-19-8-12-23-56(46)67(57(47)37-42)58-36-41(27-31-52(58)66-63(67)53-22-11-15-26-62(53)71-66)35-54(43-16-6-5-7-17-43)44-29-34-61-55(38-44)49-21-10-13-24-59(49)69-61/h3-38H,2,39H2,1H3/b4-3-,45-18+,54-35+. The van der Waals surface area contributed by atoms with E-state index in [2.05, 4.69) is 218 Å². The molecule has 0 amide bonds. The van der Waals surface area contributed by atoms with Crippen molar-refractivity contribution in [1.82, 2.24) is 4.57 Å². The third-order valence-corrected chi connectivity index (χ3v) is 16.6. The van der Waals surface area contributed by atoms with Crippen LogP contribution in [0.25, 0.3) is 111 Å². The van der Waals surface area contributed by atoms with E-state index in [0.29, 0.717) is 6.54 Å². The van der Waals surface area contributed by atoms with Gasteiger partial charge < -0.3 is 13.4 Å². The van der Waals surface area contributed by atoms with E-state index in [1.54, 1.807) is 0 Å². The molecule has 1 unspecified atom stereocenters. The monoisotopic (exact) mass is 925 g/mol. The molecule has 4 heteroatoms. The van der Waals surface area contributed by atoms with Gasteiger partial charge in [-0.05, 0) is 128 Å². The van der Waals surface area contributed by atoms with Gasteiger partial charge in [-0.15, -0.1) is 11.3 Å². The van der Waals surface area contributed by atoms with Crippen molar-refractivity contribution >= 4 is 101 Å². The van der Waals surface area contributed by atoms with E-state index < -0.39 is 5.41 Å². The Kier molecular flexibility index (Phi) is 8.58. The highest BCUT2D eigenvalue weighted by molar-refractivity contribution is 7.22. The van der Waals surface area contributed by atoms with Gasteiger partial charge in [-0.25, -0.2) is 0 Å². The zero-order valence-electron chi connectivity index (χ0n) is 38.9. The topological polar surface area (TPSA) is 31.2 Å². The first kappa shape index (κ1) is 40.2. The van der Waals surface area contributed by atoms with Crippen LogP contribution in [0, 0.1) is 0 Å². The number of aromatic nitrogens is 1. The summed E-state index contributed by atoms with van der Waals surface area (Å²) in [6.07, 6.45) is 8.77. The van der Waals surface area contributed by atoms with Gasteiger partial charge in [0, 0.05) is 53.6 Å². The fraction of sp³-hybridized carbons (Fsp3) is 0.0448. The minimum absolute atomic E-state index is 0.569. The number of thiophene rings is 1. The Balaban J connectivity index is 0.967. The van der Waals surface area contributed by atoms with E-state index in [1.165, 1.54) is 59.5 Å². The summed E-state index contributed by atoms with van der Waals surface area (Å²) in [5, 5.41) is 9.00. The van der Waals surface area contributed by atoms with Gasteiger partial charge >= 0.3 is 0 Å². The first-order valence-corrected chi connectivity index (χ1v) is 25.2. The molecular weight excluding hydrogens is 883 g/mol. The second-order valence-electron chi connectivity index (χ2n) is 19.1. The summed E-state index contributed by atoms with van der Waals surface area (Å²) in [6.45, 7) is 7.46. The molecule has 3 nitrogen and oxygen atoms in total. The third-order valence-electron chi connectivity index (χ3n) is 15.4. The molecule has 0 saturated heterocycles. The summed E-state index contributed by atoms with van der Waals surface area (Å²) in [4.78, 5) is 1.35. The maximum atomic E-state index is 6.76. The number of allylic oxidation sites excluding steroid dienone is 2. The van der Waals surface area contributed by atoms with Crippen molar-refractivity contribution in [3.8, 4) is 21.6 Å². The van der Waals surface area contributed by atoms with Crippen LogP contribution >= 0.6 is 11.3 Å². The quantitative estimate of drug-likeness (QED) is 0.156. The Morgan fingerprint density at radius 1 is 0.563 bits per heavy atom. The molecule has 0 saturated carbocycles. The predicted octanol–water partition coefficient (Wildman–Crippen LogP) is 16.4. The summed E-state index contributed by atoms with van der Waals surface area (Å²) < 4.78 is 16.8. The Hall–Kier alpha value is -8.70. The van der Waals surface area contributed by atoms with Gasteiger partial charge in [-0.2, -0.15) is 0 Å². The number of rotatable bonds is 6. The van der Waals surface area contributed by atoms with Gasteiger partial charge in [0.15, 0.2) is 5.58 Å². The predicted molar refractivity (Wildman–Crippen MR) is 298 cm³/mol. The van der Waals surface area contributed by atoms with Gasteiger partial charge in [0.1, 0.15) is 16.7 Å². The smallest absolute Gasteiger partial charge is 0.159 e. The SMILES string of the molecule is C=c1/c(=C\C=C/C)c2ccc3c4ccccc4oc3c2n1Cc1ccc2c(c1)C1(c3ccccc3-2)c2cc(/C=C(\c3ccccc3)c3ccc4oc5ccccc5c4c3)ccc2-c2sc3ccccc3c21. The number of fused-ring (bicyclic) bond motifs is 20. The third kappa shape index (κ3) is 5.65. The fourth-order valence-corrected chi connectivity index (χ4v) is 13.6. The van der Waals surface area contributed by atoms with Gasteiger partial charge in [-0.3, -0.25) is 0 Å². The average molecular weight is 926 g/mol. The molecule has 2 aliphatic carbocycles. The molecule has 1 spiro atoms. The molecule has 1 atom stereocenters. The molecule has 0 fully saturated rings. The lowest BCUT2D eigenvalue weighted by Gasteiger charge is -2.31. The van der Waals surface area contributed by atoms with E-state index in [4.69, 9.17) is 15.4 Å². The van der Waals surface area contributed by atoms with E-state index in [9.17, 15) is 0 Å². The van der Waals surface area contributed by atoms with Crippen molar-refractivity contribution in [2.24, 2.45) is 0 Å². The molecule has 71 heavy (non-hydrogen) atoms. The van der Waals surface area contributed by atoms with Crippen LogP contribution in [0.15, 0.2) is 215 Å². The second-order valence-corrected chi connectivity index (χ2v) is 20.1. The van der Waals surface area contributed by atoms with Gasteiger partial charge in [0.2, 0.25) is 0 Å². The Bertz CT molecular complexity index is 4590. The summed E-state index contributed by atoms with van der Waals surface area (Å²) in [6, 6.07) is 71.2. The summed E-state index contributed by atoms with van der Waals surface area (Å²) >= 11 is 1.92. The van der Waals surface area contributed by atoms with Crippen LogP contribution < -0.4 is 10.6 Å². The lowest BCUT2D eigenvalue weighted by molar-refractivity contribution is 0.667. The van der Waals surface area contributed by atoms with Gasteiger partial charge in [0.05, 0.1) is 10.9 Å². The maximum Gasteiger partial charge on any atom is 0.159 e. The number of para-hydroxylation sites is 2.